The van der Waals surface area contributed by atoms with E-state index in [1.165, 1.54) is 0 Å². The Labute approximate surface area is 71.2 Å². The van der Waals surface area contributed by atoms with Gasteiger partial charge in [-0.3, -0.25) is 15.0 Å². The molecule has 0 aliphatic carbocycles. The Morgan fingerprint density at radius 1 is 1.42 bits per heavy atom. The Balaban J connectivity index is 3.30. The average molecular weight is 174 g/mol. The first-order valence-corrected chi connectivity index (χ1v) is 3.85. The minimum absolute atomic E-state index is 0.259. The fourth-order valence-corrected chi connectivity index (χ4v) is 0.699. The predicted molar refractivity (Wildman–Crippen MR) is 42.8 cm³/mol. The highest BCUT2D eigenvalue weighted by Crippen LogP contribution is 1.96. The summed E-state index contributed by atoms with van der Waals surface area (Å²) in [6.07, 6.45) is 0.998. The van der Waals surface area contributed by atoms with Crippen molar-refractivity contribution in [2.75, 3.05) is 6.61 Å². The first-order valence-electron chi connectivity index (χ1n) is 3.85. The molecule has 0 bridgehead atoms. The molecule has 12 heavy (non-hydrogen) atoms. The lowest BCUT2D eigenvalue weighted by molar-refractivity contribution is -0.143. The van der Waals surface area contributed by atoms with Gasteiger partial charge in [0.2, 0.25) is 5.91 Å². The topological polar surface area (TPSA) is 81.4 Å². The number of nitrogens with one attached hydrogen (secondary N) is 1. The van der Waals surface area contributed by atoms with Crippen molar-refractivity contribution in [1.29, 1.82) is 0 Å². The summed E-state index contributed by atoms with van der Waals surface area (Å²) in [6, 6.07) is 0. The number of amides is 1. The van der Waals surface area contributed by atoms with Gasteiger partial charge in [-0.2, -0.15) is 0 Å². The summed E-state index contributed by atoms with van der Waals surface area (Å²) in [4.78, 5) is 21.3. The lowest BCUT2D eigenvalue weighted by Gasteiger charge is -2.00. The van der Waals surface area contributed by atoms with Gasteiger partial charge in [0, 0.05) is 12.8 Å². The van der Waals surface area contributed by atoms with Crippen molar-refractivity contribution in [3.63, 3.8) is 0 Å². The number of hydrogen-bond acceptors (Lipinski definition) is 4. The molecule has 0 aromatic heterocycles. The zero-order valence-electron chi connectivity index (χ0n) is 7.13. The molecular formula is C7H14N2O3. The lowest BCUT2D eigenvalue weighted by Crippen LogP contribution is -2.29. The van der Waals surface area contributed by atoms with Crippen molar-refractivity contribution in [2.24, 2.45) is 5.84 Å². The van der Waals surface area contributed by atoms with Crippen LogP contribution >= 0.6 is 0 Å². The monoisotopic (exact) mass is 174 g/mol. The van der Waals surface area contributed by atoms with E-state index in [9.17, 15) is 9.59 Å². The van der Waals surface area contributed by atoms with Crippen molar-refractivity contribution in [3.8, 4) is 0 Å². The van der Waals surface area contributed by atoms with Crippen LogP contribution in [-0.2, 0) is 14.3 Å². The molecule has 0 saturated carbocycles. The van der Waals surface area contributed by atoms with Crippen molar-refractivity contribution in [1.82, 2.24) is 5.43 Å². The molecule has 0 heterocycles. The van der Waals surface area contributed by atoms with E-state index in [0.29, 0.717) is 13.0 Å². The summed E-state index contributed by atoms with van der Waals surface area (Å²) in [7, 11) is 0. The number of nitrogens with two attached hydrogens (primary N) is 1. The van der Waals surface area contributed by atoms with Gasteiger partial charge in [-0.25, -0.2) is 5.84 Å². The minimum atomic E-state index is -0.276. The highest BCUT2D eigenvalue weighted by atomic mass is 16.5. The van der Waals surface area contributed by atoms with E-state index < -0.39 is 0 Å². The number of carbonyl (C=O) groups is 2. The Hall–Kier alpha value is -1.10. The largest absolute Gasteiger partial charge is 0.466 e. The number of hydrazine groups is 1. The van der Waals surface area contributed by atoms with Crippen LogP contribution in [0.3, 0.4) is 0 Å². The van der Waals surface area contributed by atoms with Crippen LogP contribution in [0.5, 0.6) is 0 Å². The fourth-order valence-electron chi connectivity index (χ4n) is 0.699. The second kappa shape index (κ2) is 6.60. The van der Waals surface area contributed by atoms with Crippen LogP contribution in [0.25, 0.3) is 0 Å². The van der Waals surface area contributed by atoms with E-state index in [-0.39, 0.29) is 24.7 Å². The summed E-state index contributed by atoms with van der Waals surface area (Å²) >= 11 is 0. The maximum absolute atomic E-state index is 10.7. The molecule has 0 saturated heterocycles. The van der Waals surface area contributed by atoms with E-state index in [4.69, 9.17) is 5.84 Å². The number of hydrogen-bond donors (Lipinski definition) is 2. The van der Waals surface area contributed by atoms with Crippen LogP contribution in [0.15, 0.2) is 0 Å². The fraction of sp³-hybridized carbons (Fsp3) is 0.714. The van der Waals surface area contributed by atoms with E-state index in [2.05, 4.69) is 4.74 Å². The van der Waals surface area contributed by atoms with Crippen LogP contribution in [-0.4, -0.2) is 18.5 Å². The zero-order chi connectivity index (χ0) is 9.40. The van der Waals surface area contributed by atoms with Crippen LogP contribution in [0.1, 0.15) is 26.2 Å². The molecule has 1 amide bonds. The van der Waals surface area contributed by atoms with Crippen LogP contribution < -0.4 is 11.3 Å². The van der Waals surface area contributed by atoms with Gasteiger partial charge in [-0.1, -0.05) is 0 Å². The highest BCUT2D eigenvalue weighted by molar-refractivity contribution is 5.76. The Bertz CT molecular complexity index is 159. The van der Waals surface area contributed by atoms with Crippen LogP contribution in [0, 0.1) is 0 Å². The molecule has 70 valence electrons. The predicted octanol–water partition coefficient (Wildman–Crippen LogP) is -0.290. The smallest absolute Gasteiger partial charge is 0.305 e. The standard InChI is InChI=1S/C7H14N2O3/c1-2-12-7(11)5-3-4-6(10)9-8/h2-5,8H2,1H3,(H,9,10). The normalized spacial score (nSPS) is 9.17. The molecule has 0 aliphatic heterocycles. The molecule has 5 heteroatoms. The first kappa shape index (κ1) is 10.9. The molecule has 0 atom stereocenters. The summed E-state index contributed by atoms with van der Waals surface area (Å²) in [5.41, 5.74) is 1.98. The van der Waals surface area contributed by atoms with E-state index >= 15 is 0 Å². The van der Waals surface area contributed by atoms with E-state index in [1.807, 2.05) is 5.43 Å². The molecule has 5 nitrogen and oxygen atoms in total. The van der Waals surface area contributed by atoms with Gasteiger partial charge in [0.1, 0.15) is 0 Å². The average Bonchev–Trinajstić information content (AvgIpc) is 2.04. The molecule has 0 radical (unpaired) electrons. The van der Waals surface area contributed by atoms with Gasteiger partial charge in [0.05, 0.1) is 6.61 Å². The Morgan fingerprint density at radius 3 is 2.58 bits per heavy atom. The van der Waals surface area contributed by atoms with Gasteiger partial charge in [-0.05, 0) is 13.3 Å². The van der Waals surface area contributed by atoms with Crippen molar-refractivity contribution < 1.29 is 14.3 Å². The molecule has 0 aromatic carbocycles. The van der Waals surface area contributed by atoms with Crippen molar-refractivity contribution in [2.45, 2.75) is 26.2 Å². The number of rotatable bonds is 5. The summed E-state index contributed by atoms with van der Waals surface area (Å²) in [6.45, 7) is 2.12. The summed E-state index contributed by atoms with van der Waals surface area (Å²) < 4.78 is 4.66. The second-order valence-corrected chi connectivity index (χ2v) is 2.23. The Morgan fingerprint density at radius 2 is 2.08 bits per heavy atom. The van der Waals surface area contributed by atoms with Gasteiger partial charge >= 0.3 is 5.97 Å². The lowest BCUT2D eigenvalue weighted by atomic mass is 10.2. The van der Waals surface area contributed by atoms with Crippen LogP contribution in [0.2, 0.25) is 0 Å². The molecule has 0 spiro atoms. The third kappa shape index (κ3) is 5.67. The number of carbonyl (C=O) groups excluding carboxylic acids is 2. The second-order valence-electron chi connectivity index (χ2n) is 2.23. The molecule has 0 aromatic rings. The summed E-state index contributed by atoms with van der Waals surface area (Å²) in [5.74, 6) is 4.29. The molecule has 0 aliphatic rings. The van der Waals surface area contributed by atoms with Crippen molar-refractivity contribution >= 4 is 11.9 Å². The number of esters is 1. The molecule has 0 rings (SSSR count). The van der Waals surface area contributed by atoms with Gasteiger partial charge in [0.25, 0.3) is 0 Å². The highest BCUT2D eigenvalue weighted by Gasteiger charge is 2.03. The SMILES string of the molecule is CCOC(=O)CCCC(=O)NN. The molecular weight excluding hydrogens is 160 g/mol. The molecule has 3 N–H and O–H groups in total. The third-order valence-corrected chi connectivity index (χ3v) is 1.25. The number of ether oxygens (including phenoxy) is 1. The van der Waals surface area contributed by atoms with E-state index in [1.54, 1.807) is 6.92 Å². The summed E-state index contributed by atoms with van der Waals surface area (Å²) in [5, 5.41) is 0. The van der Waals surface area contributed by atoms with Gasteiger partial charge in [-0.15, -0.1) is 0 Å². The van der Waals surface area contributed by atoms with Gasteiger partial charge in [0.15, 0.2) is 0 Å². The van der Waals surface area contributed by atoms with Crippen molar-refractivity contribution in [3.05, 3.63) is 0 Å². The minimum Gasteiger partial charge on any atom is -0.466 e. The molecule has 0 fully saturated rings. The molecule has 0 unspecified atom stereocenters. The Kier molecular flexibility index (Phi) is 6.00. The third-order valence-electron chi connectivity index (χ3n) is 1.25. The van der Waals surface area contributed by atoms with Crippen LogP contribution in [0.4, 0.5) is 0 Å². The maximum atomic E-state index is 10.7. The van der Waals surface area contributed by atoms with Gasteiger partial charge < -0.3 is 4.74 Å². The first-order chi connectivity index (χ1) is 5.70. The zero-order valence-corrected chi connectivity index (χ0v) is 7.13. The quantitative estimate of drug-likeness (QED) is 0.260. The maximum Gasteiger partial charge on any atom is 0.305 e. The van der Waals surface area contributed by atoms with E-state index in [0.717, 1.165) is 0 Å².